The minimum Gasteiger partial charge on any atom is -0.497 e. The van der Waals surface area contributed by atoms with Crippen LogP contribution in [0.1, 0.15) is 41.6 Å². The first-order valence-electron chi connectivity index (χ1n) is 12.4. The zero-order valence-corrected chi connectivity index (χ0v) is 20.6. The van der Waals surface area contributed by atoms with E-state index in [0.717, 1.165) is 43.3 Å². The van der Waals surface area contributed by atoms with E-state index >= 15 is 0 Å². The molecule has 6 heteroatoms. The molecule has 184 valence electrons. The van der Waals surface area contributed by atoms with E-state index in [2.05, 4.69) is 34.1 Å². The van der Waals surface area contributed by atoms with E-state index < -0.39 is 0 Å². The van der Waals surface area contributed by atoms with Crippen LogP contribution in [0.15, 0.2) is 60.8 Å². The predicted octanol–water partition coefficient (Wildman–Crippen LogP) is 4.95. The van der Waals surface area contributed by atoms with Gasteiger partial charge in [-0.2, -0.15) is 0 Å². The van der Waals surface area contributed by atoms with Gasteiger partial charge in [-0.15, -0.1) is 0 Å². The van der Waals surface area contributed by atoms with E-state index in [1.165, 1.54) is 12.7 Å². The van der Waals surface area contributed by atoms with Gasteiger partial charge < -0.3 is 14.4 Å². The van der Waals surface area contributed by atoms with E-state index in [-0.39, 0.29) is 23.6 Å². The molecule has 0 aliphatic carbocycles. The number of carbonyl (C=O) groups is 2. The summed E-state index contributed by atoms with van der Waals surface area (Å²) in [5.74, 6) is 0.533. The standard InChI is InChI=1S/C29H34N2O4/c1-34-23-11-12-27-25(19-23)24(14-16-30-27)28(32)13-10-22-15-18-31(20-26(22)29(33)35-2)17-6-9-21-7-4-3-5-8-21/h3-5,7-8,11-12,14,16,19,22,26H,6,9-10,13,15,17-18,20H2,1-2H3/t22-,26+/m1/s1. The molecule has 35 heavy (non-hydrogen) atoms. The van der Waals surface area contributed by atoms with Gasteiger partial charge in [-0.25, -0.2) is 0 Å². The molecule has 3 aromatic rings. The van der Waals surface area contributed by atoms with Crippen molar-refractivity contribution in [3.63, 3.8) is 0 Å². The number of ether oxygens (including phenoxy) is 2. The summed E-state index contributed by atoms with van der Waals surface area (Å²) in [5, 5.41) is 0.801. The van der Waals surface area contributed by atoms with E-state index in [9.17, 15) is 9.59 Å². The van der Waals surface area contributed by atoms with Crippen molar-refractivity contribution >= 4 is 22.7 Å². The number of carbonyl (C=O) groups excluding carboxylic acids is 2. The molecule has 0 radical (unpaired) electrons. The fourth-order valence-corrected chi connectivity index (χ4v) is 5.13. The molecule has 4 rings (SSSR count). The summed E-state index contributed by atoms with van der Waals surface area (Å²) in [6, 6.07) is 17.8. The van der Waals surface area contributed by atoms with Crippen LogP contribution >= 0.6 is 0 Å². The summed E-state index contributed by atoms with van der Waals surface area (Å²) in [6.07, 6.45) is 5.71. The van der Waals surface area contributed by atoms with Gasteiger partial charge in [0, 0.05) is 30.1 Å². The van der Waals surface area contributed by atoms with Crippen molar-refractivity contribution < 1.29 is 19.1 Å². The Kier molecular flexibility index (Phi) is 8.48. The summed E-state index contributed by atoms with van der Waals surface area (Å²) in [5.41, 5.74) is 2.77. The minimum atomic E-state index is -0.201. The Bertz CT molecular complexity index is 1150. The number of aryl methyl sites for hydroxylation is 1. The van der Waals surface area contributed by atoms with Crippen LogP contribution in [0.2, 0.25) is 0 Å². The number of hydrogen-bond acceptors (Lipinski definition) is 6. The number of likely N-dealkylation sites (tertiary alicyclic amines) is 1. The van der Waals surface area contributed by atoms with E-state index in [1.54, 1.807) is 19.4 Å². The normalized spacial score (nSPS) is 18.3. The van der Waals surface area contributed by atoms with Gasteiger partial charge in [0.25, 0.3) is 0 Å². The Labute approximate surface area is 207 Å². The van der Waals surface area contributed by atoms with Crippen LogP contribution < -0.4 is 4.74 Å². The van der Waals surface area contributed by atoms with Gasteiger partial charge in [-0.1, -0.05) is 30.3 Å². The molecule has 0 saturated carbocycles. The third-order valence-corrected chi connectivity index (χ3v) is 7.12. The Morgan fingerprint density at radius 3 is 2.69 bits per heavy atom. The quantitative estimate of drug-likeness (QED) is 0.306. The lowest BCUT2D eigenvalue weighted by atomic mass is 9.81. The number of benzene rings is 2. The van der Waals surface area contributed by atoms with Crippen molar-refractivity contribution in [2.45, 2.75) is 32.1 Å². The molecular weight excluding hydrogens is 440 g/mol. The number of aromatic nitrogens is 1. The molecule has 1 saturated heterocycles. The molecule has 0 unspecified atom stereocenters. The van der Waals surface area contributed by atoms with Gasteiger partial charge >= 0.3 is 5.97 Å². The van der Waals surface area contributed by atoms with E-state index in [4.69, 9.17) is 9.47 Å². The van der Waals surface area contributed by atoms with Gasteiger partial charge in [0.2, 0.25) is 0 Å². The van der Waals surface area contributed by atoms with Crippen LogP contribution in [0.3, 0.4) is 0 Å². The highest BCUT2D eigenvalue weighted by Crippen LogP contribution is 2.31. The third-order valence-electron chi connectivity index (χ3n) is 7.12. The molecule has 0 amide bonds. The van der Waals surface area contributed by atoms with Crippen molar-refractivity contribution in [3.8, 4) is 5.75 Å². The van der Waals surface area contributed by atoms with E-state index in [1.807, 2.05) is 24.3 Å². The fourth-order valence-electron chi connectivity index (χ4n) is 5.13. The molecule has 2 heterocycles. The second-order valence-corrected chi connectivity index (χ2v) is 9.27. The van der Waals surface area contributed by atoms with Gasteiger partial charge in [-0.05, 0) is 74.5 Å². The van der Waals surface area contributed by atoms with Crippen LogP contribution in [-0.2, 0) is 16.0 Å². The zero-order chi connectivity index (χ0) is 24.6. The van der Waals surface area contributed by atoms with E-state index in [0.29, 0.717) is 30.7 Å². The summed E-state index contributed by atoms with van der Waals surface area (Å²) in [7, 11) is 3.06. The fraction of sp³-hybridized carbons (Fsp3) is 0.414. The van der Waals surface area contributed by atoms with Crippen molar-refractivity contribution in [2.75, 3.05) is 33.9 Å². The highest BCUT2D eigenvalue weighted by atomic mass is 16.5. The number of Topliss-reactive ketones (excluding diaryl/α,β-unsaturated/α-hetero) is 1. The van der Waals surface area contributed by atoms with Crippen molar-refractivity contribution in [1.82, 2.24) is 9.88 Å². The summed E-state index contributed by atoms with van der Waals surface area (Å²) in [6.45, 7) is 2.59. The number of fused-ring (bicyclic) bond motifs is 1. The van der Waals surface area contributed by atoms with Crippen molar-refractivity contribution in [3.05, 3.63) is 71.9 Å². The zero-order valence-electron chi connectivity index (χ0n) is 20.6. The number of nitrogens with zero attached hydrogens (tertiary/aromatic N) is 2. The second kappa shape index (κ2) is 11.9. The van der Waals surface area contributed by atoms with Gasteiger partial charge in [0.05, 0.1) is 25.7 Å². The molecule has 1 aliphatic rings. The highest BCUT2D eigenvalue weighted by Gasteiger charge is 2.35. The van der Waals surface area contributed by atoms with Crippen LogP contribution in [-0.4, -0.2) is 55.5 Å². The molecule has 1 fully saturated rings. The monoisotopic (exact) mass is 474 g/mol. The lowest BCUT2D eigenvalue weighted by Gasteiger charge is -2.37. The molecule has 2 atom stereocenters. The molecule has 1 aromatic heterocycles. The number of rotatable bonds is 10. The number of hydrogen-bond donors (Lipinski definition) is 0. The molecule has 1 aliphatic heterocycles. The first-order chi connectivity index (χ1) is 17.1. The van der Waals surface area contributed by atoms with Crippen LogP contribution in [0, 0.1) is 11.8 Å². The summed E-state index contributed by atoms with van der Waals surface area (Å²) in [4.78, 5) is 32.6. The molecule has 0 spiro atoms. The molecule has 0 bridgehead atoms. The topological polar surface area (TPSA) is 68.7 Å². The maximum atomic E-state index is 13.2. The predicted molar refractivity (Wildman–Crippen MR) is 137 cm³/mol. The molecular formula is C29H34N2O4. The lowest BCUT2D eigenvalue weighted by Crippen LogP contribution is -2.44. The SMILES string of the molecule is COC(=O)[C@H]1CN(CCCc2ccccc2)CC[C@H]1CCC(=O)c1ccnc2ccc(OC)cc12. The third kappa shape index (κ3) is 6.25. The Hall–Kier alpha value is -3.25. The first-order valence-corrected chi connectivity index (χ1v) is 12.4. The van der Waals surface area contributed by atoms with Gasteiger partial charge in [0.1, 0.15) is 5.75 Å². The summed E-state index contributed by atoms with van der Waals surface area (Å²) >= 11 is 0. The highest BCUT2D eigenvalue weighted by molar-refractivity contribution is 6.07. The number of esters is 1. The number of pyridine rings is 1. The Balaban J connectivity index is 1.36. The lowest BCUT2D eigenvalue weighted by molar-refractivity contribution is -0.150. The van der Waals surface area contributed by atoms with Crippen molar-refractivity contribution in [2.24, 2.45) is 11.8 Å². The average Bonchev–Trinajstić information content (AvgIpc) is 2.91. The number of methoxy groups -OCH3 is 2. The maximum Gasteiger partial charge on any atom is 0.310 e. The van der Waals surface area contributed by atoms with Crippen molar-refractivity contribution in [1.29, 1.82) is 0 Å². The Morgan fingerprint density at radius 1 is 1.09 bits per heavy atom. The van der Waals surface area contributed by atoms with Crippen LogP contribution in [0.25, 0.3) is 10.9 Å². The Morgan fingerprint density at radius 2 is 1.91 bits per heavy atom. The maximum absolute atomic E-state index is 13.2. The average molecular weight is 475 g/mol. The molecule has 6 nitrogen and oxygen atoms in total. The molecule has 0 N–H and O–H groups in total. The second-order valence-electron chi connectivity index (χ2n) is 9.27. The number of piperidine rings is 1. The first kappa shape index (κ1) is 24.9. The smallest absolute Gasteiger partial charge is 0.310 e. The number of ketones is 1. The largest absolute Gasteiger partial charge is 0.497 e. The minimum absolute atomic E-state index is 0.0690. The van der Waals surface area contributed by atoms with Crippen LogP contribution in [0.4, 0.5) is 0 Å². The summed E-state index contributed by atoms with van der Waals surface area (Å²) < 4.78 is 10.5. The molecule has 2 aromatic carbocycles. The van der Waals surface area contributed by atoms with Crippen LogP contribution in [0.5, 0.6) is 5.75 Å². The van der Waals surface area contributed by atoms with Gasteiger partial charge in [-0.3, -0.25) is 14.6 Å². The van der Waals surface area contributed by atoms with Gasteiger partial charge in [0.15, 0.2) is 5.78 Å².